The molecule has 2 N–H and O–H groups in total. The molecule has 0 spiro atoms. The van der Waals surface area contributed by atoms with Gasteiger partial charge >= 0.3 is 5.97 Å². The van der Waals surface area contributed by atoms with Gasteiger partial charge in [-0.15, -0.1) is 0 Å². The number of hydrogen-bond acceptors (Lipinski definition) is 3. The van der Waals surface area contributed by atoms with Crippen molar-refractivity contribution < 1.29 is 9.90 Å². The summed E-state index contributed by atoms with van der Waals surface area (Å²) in [5.74, 6) is -0.894. The Labute approximate surface area is 95.7 Å². The summed E-state index contributed by atoms with van der Waals surface area (Å²) in [5.41, 5.74) is 1.36. The first-order chi connectivity index (χ1) is 7.70. The van der Waals surface area contributed by atoms with Crippen LogP contribution < -0.4 is 10.1 Å². The Morgan fingerprint density at radius 3 is 2.62 bits per heavy atom. The Kier molecular flexibility index (Phi) is 3.15. The van der Waals surface area contributed by atoms with Crippen molar-refractivity contribution >= 4 is 19.6 Å². The van der Waals surface area contributed by atoms with Gasteiger partial charge < -0.3 is 15.2 Å². The number of anilines is 1. The van der Waals surface area contributed by atoms with E-state index in [9.17, 15) is 4.79 Å². The Bertz CT molecular complexity index is 380. The Morgan fingerprint density at radius 1 is 1.44 bits per heavy atom. The first kappa shape index (κ1) is 11.0. The topological polar surface area (TPSA) is 52.6 Å². The molecular weight excluding hydrogens is 203 g/mol. The van der Waals surface area contributed by atoms with E-state index in [1.165, 1.54) is 0 Å². The van der Waals surface area contributed by atoms with Crippen LogP contribution in [-0.4, -0.2) is 38.2 Å². The number of carboxylic acid groups (broad SMARTS) is 1. The maximum Gasteiger partial charge on any atom is 0.335 e. The van der Waals surface area contributed by atoms with Gasteiger partial charge in [-0.3, -0.25) is 0 Å². The van der Waals surface area contributed by atoms with Crippen LogP contribution >= 0.6 is 0 Å². The lowest BCUT2D eigenvalue weighted by atomic mass is 10.2. The van der Waals surface area contributed by atoms with E-state index in [-0.39, 0.29) is 0 Å². The second-order valence-corrected chi connectivity index (χ2v) is 3.95. The molecule has 0 aliphatic carbocycles. The fourth-order valence-corrected chi connectivity index (χ4v) is 1.95. The van der Waals surface area contributed by atoms with Crippen LogP contribution in [0.4, 0.5) is 5.69 Å². The van der Waals surface area contributed by atoms with Gasteiger partial charge in [-0.25, -0.2) is 4.79 Å². The minimum absolute atomic E-state index is 0.316. The molecule has 1 aliphatic heterocycles. The highest BCUT2D eigenvalue weighted by molar-refractivity contribution is 6.04. The lowest BCUT2D eigenvalue weighted by molar-refractivity contribution is 0.0697. The summed E-state index contributed by atoms with van der Waals surface area (Å²) in [6.45, 7) is 1.81. The quantitative estimate of drug-likeness (QED) is 0.728. The Morgan fingerprint density at radius 2 is 2.12 bits per heavy atom. The van der Waals surface area contributed by atoms with E-state index in [0.29, 0.717) is 11.6 Å². The van der Waals surface area contributed by atoms with Crippen LogP contribution in [0.25, 0.3) is 0 Å². The highest BCUT2D eigenvalue weighted by Gasteiger charge is 2.20. The second kappa shape index (κ2) is 4.57. The molecule has 4 nitrogen and oxygen atoms in total. The van der Waals surface area contributed by atoms with Gasteiger partial charge in [0.2, 0.25) is 0 Å². The van der Waals surface area contributed by atoms with Crippen molar-refractivity contribution in [2.24, 2.45) is 0 Å². The highest BCUT2D eigenvalue weighted by Crippen LogP contribution is 2.20. The smallest absolute Gasteiger partial charge is 0.335 e. The van der Waals surface area contributed by atoms with E-state index in [2.05, 4.69) is 10.1 Å². The molecule has 1 aliphatic rings. The molecule has 16 heavy (non-hydrogen) atoms. The van der Waals surface area contributed by atoms with Gasteiger partial charge in [0.25, 0.3) is 0 Å². The first-order valence-electron chi connectivity index (χ1n) is 5.25. The maximum absolute atomic E-state index is 10.7. The summed E-state index contributed by atoms with van der Waals surface area (Å²) in [4.78, 5) is 12.9. The largest absolute Gasteiger partial charge is 0.478 e. The minimum Gasteiger partial charge on any atom is -0.478 e. The van der Waals surface area contributed by atoms with Crippen molar-refractivity contribution in [3.63, 3.8) is 0 Å². The van der Waals surface area contributed by atoms with Crippen molar-refractivity contribution in [3.05, 3.63) is 29.8 Å². The predicted molar refractivity (Wildman–Crippen MR) is 62.9 cm³/mol. The molecule has 1 aromatic carbocycles. The Balaban J connectivity index is 2.08. The van der Waals surface area contributed by atoms with Gasteiger partial charge in [-0.2, -0.15) is 0 Å². The van der Waals surface area contributed by atoms with E-state index < -0.39 is 5.97 Å². The fourth-order valence-electron chi connectivity index (χ4n) is 1.95. The van der Waals surface area contributed by atoms with E-state index in [1.54, 1.807) is 12.1 Å². The molecule has 0 bridgehead atoms. The fraction of sp³-hybridized carbons (Fsp3) is 0.364. The third kappa shape index (κ3) is 2.19. The van der Waals surface area contributed by atoms with Crippen molar-refractivity contribution in [2.45, 2.75) is 12.5 Å². The van der Waals surface area contributed by atoms with E-state index in [1.807, 2.05) is 12.1 Å². The van der Waals surface area contributed by atoms with Crippen molar-refractivity contribution in [2.75, 3.05) is 18.0 Å². The molecular formula is C11H13BN2O2. The van der Waals surface area contributed by atoms with Crippen LogP contribution in [0.1, 0.15) is 16.8 Å². The number of carboxylic acids is 1. The van der Waals surface area contributed by atoms with Gasteiger partial charge in [0.05, 0.1) is 5.56 Å². The zero-order chi connectivity index (χ0) is 11.5. The van der Waals surface area contributed by atoms with Crippen LogP contribution in [0.15, 0.2) is 24.3 Å². The normalized spacial score (nSPS) is 20.0. The number of rotatable bonds is 3. The van der Waals surface area contributed by atoms with Gasteiger partial charge in [-0.05, 0) is 30.7 Å². The van der Waals surface area contributed by atoms with Crippen molar-refractivity contribution in [1.29, 1.82) is 0 Å². The van der Waals surface area contributed by atoms with Gasteiger partial charge in [-0.1, -0.05) is 0 Å². The number of benzene rings is 1. The molecule has 1 aromatic rings. The summed E-state index contributed by atoms with van der Waals surface area (Å²) in [6, 6.07) is 7.24. The molecule has 1 atom stereocenters. The molecule has 1 heterocycles. The molecule has 1 saturated heterocycles. The Hall–Kier alpha value is -1.49. The molecule has 82 valence electrons. The summed E-state index contributed by atoms with van der Waals surface area (Å²) < 4.78 is 0. The molecule has 2 radical (unpaired) electrons. The van der Waals surface area contributed by atoms with Crippen molar-refractivity contribution in [3.8, 4) is 0 Å². The van der Waals surface area contributed by atoms with Gasteiger partial charge in [0.15, 0.2) is 7.98 Å². The molecule has 0 unspecified atom stereocenters. The van der Waals surface area contributed by atoms with Gasteiger partial charge in [0.1, 0.15) is 0 Å². The zero-order valence-electron chi connectivity index (χ0n) is 8.89. The molecule has 1 fully saturated rings. The van der Waals surface area contributed by atoms with Crippen LogP contribution in [0.2, 0.25) is 0 Å². The molecule has 0 aromatic heterocycles. The third-order valence-corrected chi connectivity index (χ3v) is 2.90. The average Bonchev–Trinajstić information content (AvgIpc) is 2.77. The number of aromatic carboxylic acids is 1. The van der Waals surface area contributed by atoms with Crippen molar-refractivity contribution in [1.82, 2.24) is 5.23 Å². The first-order valence-corrected chi connectivity index (χ1v) is 5.25. The summed E-state index contributed by atoms with van der Waals surface area (Å²) >= 11 is 0. The van der Waals surface area contributed by atoms with Crippen LogP contribution in [0.3, 0.4) is 0 Å². The SMILES string of the molecule is [B]N[C@H]1CCN(c2ccc(C(=O)O)cc2)C1. The van der Waals surface area contributed by atoms with Crippen LogP contribution in [0, 0.1) is 0 Å². The summed E-state index contributed by atoms with van der Waals surface area (Å²) in [5, 5.41) is 11.5. The number of carbonyl (C=O) groups is 1. The van der Waals surface area contributed by atoms with E-state index in [0.717, 1.165) is 25.2 Å². The number of hydrogen-bond donors (Lipinski definition) is 2. The number of nitrogens with one attached hydrogen (secondary N) is 1. The van der Waals surface area contributed by atoms with Crippen LogP contribution in [0.5, 0.6) is 0 Å². The predicted octanol–water partition coefficient (Wildman–Crippen LogP) is 0.637. The lowest BCUT2D eigenvalue weighted by Crippen LogP contribution is -2.30. The number of nitrogens with zero attached hydrogens (tertiary/aromatic N) is 1. The zero-order valence-corrected chi connectivity index (χ0v) is 8.89. The third-order valence-electron chi connectivity index (χ3n) is 2.90. The minimum atomic E-state index is -0.894. The molecule has 0 amide bonds. The van der Waals surface area contributed by atoms with E-state index in [4.69, 9.17) is 13.1 Å². The van der Waals surface area contributed by atoms with Crippen LogP contribution in [-0.2, 0) is 0 Å². The lowest BCUT2D eigenvalue weighted by Gasteiger charge is -2.18. The average molecular weight is 216 g/mol. The second-order valence-electron chi connectivity index (χ2n) is 3.95. The molecule has 5 heteroatoms. The summed E-state index contributed by atoms with van der Waals surface area (Å²) in [6.07, 6.45) is 1.01. The molecule has 2 rings (SSSR count). The maximum atomic E-state index is 10.7. The monoisotopic (exact) mass is 216 g/mol. The van der Waals surface area contributed by atoms with Gasteiger partial charge in [0, 0.05) is 24.8 Å². The standard InChI is InChI=1S/C11H13BN2O2/c12-13-9-5-6-14(7-9)10-3-1-8(2-4-10)11(15)16/h1-4,9,13H,5-7H2,(H,15,16)/t9-/m0/s1. The highest BCUT2D eigenvalue weighted by atomic mass is 16.4. The summed E-state index contributed by atoms with van der Waals surface area (Å²) in [7, 11) is 5.38. The molecule has 0 saturated carbocycles. The van der Waals surface area contributed by atoms with E-state index >= 15 is 0 Å².